The van der Waals surface area contributed by atoms with Gasteiger partial charge in [0.05, 0.1) is 23.5 Å². The number of nitriles is 1. The van der Waals surface area contributed by atoms with Gasteiger partial charge in [-0.25, -0.2) is 8.78 Å². The third-order valence-electron chi connectivity index (χ3n) is 5.07. The summed E-state index contributed by atoms with van der Waals surface area (Å²) in [6, 6.07) is 11.8. The number of aryl methyl sites for hydroxylation is 1. The van der Waals surface area contributed by atoms with Gasteiger partial charge in [-0.15, -0.1) is 0 Å². The maximum atomic E-state index is 13.9. The maximum Gasteiger partial charge on any atom is 0.137 e. The van der Waals surface area contributed by atoms with Crippen LogP contribution < -0.4 is 0 Å². The van der Waals surface area contributed by atoms with Gasteiger partial charge in [0.15, 0.2) is 0 Å². The zero-order valence-electron chi connectivity index (χ0n) is 22.8. The number of aliphatic imine (C=N–C) groups is 1. The smallest absolute Gasteiger partial charge is 0.137 e. The third kappa shape index (κ3) is 13.4. The molecule has 0 bridgehead atoms. The van der Waals surface area contributed by atoms with E-state index >= 15 is 0 Å². The van der Waals surface area contributed by atoms with Crippen LogP contribution in [0.3, 0.4) is 0 Å². The lowest BCUT2D eigenvalue weighted by atomic mass is 10.0. The minimum absolute atomic E-state index is 0.307. The number of benzene rings is 2. The lowest BCUT2D eigenvalue weighted by Gasteiger charge is -2.06. The van der Waals surface area contributed by atoms with Crippen LogP contribution in [0, 0.1) is 30.0 Å². The summed E-state index contributed by atoms with van der Waals surface area (Å²) < 4.78 is 26.1. The Labute approximate surface area is 216 Å². The van der Waals surface area contributed by atoms with Crippen LogP contribution >= 0.6 is 0 Å². The number of azo groups is 1. The fourth-order valence-corrected chi connectivity index (χ4v) is 3.19. The zero-order chi connectivity index (χ0) is 27.5. The minimum atomic E-state index is -0.415. The second-order valence-corrected chi connectivity index (χ2v) is 8.46. The van der Waals surface area contributed by atoms with E-state index in [4.69, 9.17) is 5.26 Å². The van der Waals surface area contributed by atoms with Crippen LogP contribution in [0.4, 0.5) is 14.5 Å². The summed E-state index contributed by atoms with van der Waals surface area (Å²) in [5, 5.41) is 16.5. The molecule has 0 radical (unpaired) electrons. The lowest BCUT2D eigenvalue weighted by Crippen LogP contribution is -1.91. The monoisotopic (exact) mass is 494 g/mol. The number of hydrogen-bond acceptors (Lipinski definition) is 4. The fourth-order valence-electron chi connectivity index (χ4n) is 3.19. The fraction of sp³-hybridized carbons (Fsp3) is 0.400. The first-order chi connectivity index (χ1) is 17.1. The number of hydrogen-bond donors (Lipinski definition) is 0. The van der Waals surface area contributed by atoms with Gasteiger partial charge in [-0.2, -0.15) is 15.5 Å². The second kappa shape index (κ2) is 18.8. The van der Waals surface area contributed by atoms with Crippen molar-refractivity contribution in [2.45, 2.75) is 67.2 Å². The molecule has 6 heteroatoms. The topological polar surface area (TPSA) is 60.9 Å². The van der Waals surface area contributed by atoms with Gasteiger partial charge in [-0.1, -0.05) is 77.3 Å². The Morgan fingerprint density at radius 1 is 1.14 bits per heavy atom. The van der Waals surface area contributed by atoms with E-state index in [1.807, 2.05) is 25.1 Å². The molecular formula is C30H40F2N4. The summed E-state index contributed by atoms with van der Waals surface area (Å²) in [5.74, 6) is 0.213. The predicted molar refractivity (Wildman–Crippen MR) is 149 cm³/mol. The van der Waals surface area contributed by atoms with Crippen LogP contribution in [-0.2, 0) is 0 Å². The van der Waals surface area contributed by atoms with Crippen molar-refractivity contribution in [1.29, 1.82) is 5.26 Å². The van der Waals surface area contributed by atoms with E-state index in [-0.39, 0.29) is 5.83 Å². The highest BCUT2D eigenvalue weighted by molar-refractivity contribution is 5.76. The molecule has 0 aliphatic rings. The van der Waals surface area contributed by atoms with E-state index in [9.17, 15) is 8.78 Å². The van der Waals surface area contributed by atoms with E-state index in [0.29, 0.717) is 22.5 Å². The average molecular weight is 495 g/mol. The molecule has 0 saturated heterocycles. The molecule has 0 fully saturated rings. The SMILES string of the molecule is C=C(C)N=C/C(F)=C\C.CCCC(C)CCC.CN=Nc1cc(-c2ccc(C#N)cc2F)ccc1C. The molecular weight excluding hydrogens is 454 g/mol. The molecule has 2 aromatic carbocycles. The predicted octanol–water partition coefficient (Wildman–Crippen LogP) is 10.1. The summed E-state index contributed by atoms with van der Waals surface area (Å²) in [6.45, 7) is 15.6. The summed E-state index contributed by atoms with van der Waals surface area (Å²) >= 11 is 0. The Morgan fingerprint density at radius 2 is 1.78 bits per heavy atom. The zero-order valence-corrected chi connectivity index (χ0v) is 22.8. The molecule has 0 saturated carbocycles. The van der Waals surface area contributed by atoms with E-state index in [2.05, 4.69) is 42.6 Å². The highest BCUT2D eigenvalue weighted by Crippen LogP contribution is 2.29. The number of nitrogens with zero attached hydrogens (tertiary/aromatic N) is 4. The van der Waals surface area contributed by atoms with Crippen molar-refractivity contribution < 1.29 is 8.78 Å². The third-order valence-corrected chi connectivity index (χ3v) is 5.07. The summed E-state index contributed by atoms with van der Waals surface area (Å²) in [7, 11) is 1.59. The van der Waals surface area contributed by atoms with E-state index in [1.165, 1.54) is 37.8 Å². The van der Waals surface area contributed by atoms with E-state index < -0.39 is 5.82 Å². The van der Waals surface area contributed by atoms with Crippen LogP contribution in [0.15, 0.2) is 75.8 Å². The molecule has 2 rings (SSSR count). The van der Waals surface area contributed by atoms with Crippen LogP contribution in [0.2, 0.25) is 0 Å². The Kier molecular flexibility index (Phi) is 17.0. The molecule has 4 nitrogen and oxygen atoms in total. The summed E-state index contributed by atoms with van der Waals surface area (Å²) in [6.07, 6.45) is 8.00. The molecule has 36 heavy (non-hydrogen) atoms. The van der Waals surface area contributed by atoms with Gasteiger partial charge < -0.3 is 0 Å². The standard InChI is InChI=1S/C15H12FN3.C8H18.C7H10FN/c1-10-3-5-12(8-15(10)19-18-2)13-6-4-11(9-17)7-14(13)16;1-4-6-8(3)7-5-2;1-4-7(8)5-9-6(2)3/h3-8H,1-2H3;8H,4-7H2,1-3H3;4-5H,2H2,1,3H3/b;;7-4+,9-5?. The van der Waals surface area contributed by atoms with Gasteiger partial charge in [0, 0.05) is 18.3 Å². The van der Waals surface area contributed by atoms with Crippen molar-refractivity contribution in [3.05, 3.63) is 77.5 Å². The first-order valence-corrected chi connectivity index (χ1v) is 12.2. The first-order valence-electron chi connectivity index (χ1n) is 12.2. The van der Waals surface area contributed by atoms with Gasteiger partial charge in [0.1, 0.15) is 11.6 Å². The summed E-state index contributed by atoms with van der Waals surface area (Å²) in [5.41, 5.74) is 3.77. The number of rotatable bonds is 8. The van der Waals surface area contributed by atoms with Crippen LogP contribution in [0.1, 0.15) is 71.4 Å². The van der Waals surface area contributed by atoms with Crippen LogP contribution in [-0.4, -0.2) is 13.3 Å². The molecule has 0 aromatic heterocycles. The van der Waals surface area contributed by atoms with Gasteiger partial charge in [-0.3, -0.25) is 4.99 Å². The molecule has 0 aliphatic carbocycles. The minimum Gasteiger partial charge on any atom is -0.259 e. The first kappa shape index (κ1) is 32.5. The Bertz CT molecular complexity index is 1070. The van der Waals surface area contributed by atoms with Crippen molar-refractivity contribution in [2.24, 2.45) is 21.1 Å². The summed E-state index contributed by atoms with van der Waals surface area (Å²) in [4.78, 5) is 3.63. The lowest BCUT2D eigenvalue weighted by molar-refractivity contribution is 0.480. The van der Waals surface area contributed by atoms with Crippen molar-refractivity contribution in [3.8, 4) is 17.2 Å². The molecule has 0 N–H and O–H groups in total. The van der Waals surface area contributed by atoms with E-state index in [0.717, 1.165) is 23.3 Å². The van der Waals surface area contributed by atoms with Crippen molar-refractivity contribution in [2.75, 3.05) is 7.05 Å². The second-order valence-electron chi connectivity index (χ2n) is 8.46. The Balaban J connectivity index is 0.000000603. The largest absolute Gasteiger partial charge is 0.259 e. The molecule has 0 aliphatic heterocycles. The van der Waals surface area contributed by atoms with Crippen LogP contribution in [0.5, 0.6) is 0 Å². The molecule has 0 amide bonds. The molecule has 0 atom stereocenters. The molecule has 0 spiro atoms. The van der Waals surface area contributed by atoms with Crippen molar-refractivity contribution >= 4 is 11.9 Å². The highest BCUT2D eigenvalue weighted by Gasteiger charge is 2.08. The van der Waals surface area contributed by atoms with Gasteiger partial charge >= 0.3 is 0 Å². The molecule has 0 unspecified atom stereocenters. The molecule has 194 valence electrons. The van der Waals surface area contributed by atoms with Gasteiger partial charge in [0.2, 0.25) is 0 Å². The Hall–Kier alpha value is -3.46. The van der Waals surface area contributed by atoms with Gasteiger partial charge in [-0.05, 0) is 56.0 Å². The molecule has 0 heterocycles. The quantitative estimate of drug-likeness (QED) is 0.266. The van der Waals surface area contributed by atoms with Crippen LogP contribution in [0.25, 0.3) is 11.1 Å². The highest BCUT2D eigenvalue weighted by atomic mass is 19.1. The number of allylic oxidation sites excluding steroid dienone is 3. The van der Waals surface area contributed by atoms with Crippen molar-refractivity contribution in [1.82, 2.24) is 0 Å². The molecule has 2 aromatic rings. The Morgan fingerprint density at radius 3 is 2.25 bits per heavy atom. The maximum absolute atomic E-state index is 13.9. The van der Waals surface area contributed by atoms with Crippen molar-refractivity contribution in [3.63, 3.8) is 0 Å². The van der Waals surface area contributed by atoms with E-state index in [1.54, 1.807) is 39.1 Å². The average Bonchev–Trinajstić information content (AvgIpc) is 2.85. The normalized spacial score (nSPS) is 11.1. The number of halogens is 2. The van der Waals surface area contributed by atoms with Gasteiger partial charge in [0.25, 0.3) is 0 Å².